The summed E-state index contributed by atoms with van der Waals surface area (Å²) in [7, 11) is 0. The summed E-state index contributed by atoms with van der Waals surface area (Å²) < 4.78 is 5.07. The SMILES string of the molecule is Cc1c(-n2c3ccc(C4c5ccccc5-c5cc6ccccc6cc54)cc3c3c4ccccc4ccc32)nc2ccccc2c1-c1ccc2sc3ccccc3c2c1. The van der Waals surface area contributed by atoms with Crippen LogP contribution in [0.3, 0.4) is 0 Å². The van der Waals surface area contributed by atoms with E-state index in [1.807, 2.05) is 11.3 Å². The van der Waals surface area contributed by atoms with Gasteiger partial charge >= 0.3 is 0 Å². The minimum atomic E-state index is 0.129. The minimum Gasteiger partial charge on any atom is -0.294 e. The van der Waals surface area contributed by atoms with Gasteiger partial charge in [0.1, 0.15) is 5.82 Å². The van der Waals surface area contributed by atoms with Crippen molar-refractivity contribution in [3.05, 3.63) is 204 Å². The third-order valence-electron chi connectivity index (χ3n) is 12.8. The molecule has 1 aliphatic rings. The number of thiophene rings is 1. The Morgan fingerprint density at radius 1 is 0.483 bits per heavy atom. The number of fused-ring (bicyclic) bond motifs is 13. The van der Waals surface area contributed by atoms with E-state index in [1.165, 1.54) is 108 Å². The molecule has 2 nitrogen and oxygen atoms in total. The molecule has 0 saturated heterocycles. The Morgan fingerprint density at radius 2 is 1.19 bits per heavy atom. The van der Waals surface area contributed by atoms with Crippen molar-refractivity contribution in [3.63, 3.8) is 0 Å². The lowest BCUT2D eigenvalue weighted by molar-refractivity contribution is 1.02. The lowest BCUT2D eigenvalue weighted by Gasteiger charge is -2.18. The summed E-state index contributed by atoms with van der Waals surface area (Å²) in [6, 6.07) is 67.6. The van der Waals surface area contributed by atoms with Crippen molar-refractivity contribution in [3.8, 4) is 28.1 Å². The molecule has 3 heterocycles. The van der Waals surface area contributed by atoms with Gasteiger partial charge in [-0.2, -0.15) is 0 Å². The largest absolute Gasteiger partial charge is 0.294 e. The van der Waals surface area contributed by atoms with Crippen molar-refractivity contribution >= 4 is 85.8 Å². The van der Waals surface area contributed by atoms with Crippen molar-refractivity contribution in [2.45, 2.75) is 12.8 Å². The summed E-state index contributed by atoms with van der Waals surface area (Å²) in [5.41, 5.74) is 13.7. The second-order valence-electron chi connectivity index (χ2n) is 15.9. The highest BCUT2D eigenvalue weighted by Crippen LogP contribution is 2.51. The third kappa shape index (κ3) is 4.45. The topological polar surface area (TPSA) is 17.8 Å². The molecule has 12 aromatic rings. The van der Waals surface area contributed by atoms with Crippen molar-refractivity contribution in [2.75, 3.05) is 0 Å². The van der Waals surface area contributed by atoms with Gasteiger partial charge in [0, 0.05) is 47.8 Å². The molecular weight excluding hydrogens is 721 g/mol. The molecule has 0 fully saturated rings. The Balaban J connectivity index is 1.09. The summed E-state index contributed by atoms with van der Waals surface area (Å²) in [5.74, 6) is 1.10. The smallest absolute Gasteiger partial charge is 0.141 e. The van der Waals surface area contributed by atoms with Gasteiger partial charge in [-0.1, -0.05) is 127 Å². The van der Waals surface area contributed by atoms with Crippen LogP contribution in [0.25, 0.3) is 102 Å². The molecule has 3 heteroatoms. The van der Waals surface area contributed by atoms with Crippen LogP contribution >= 0.6 is 11.3 Å². The third-order valence-corrected chi connectivity index (χ3v) is 13.9. The van der Waals surface area contributed by atoms with E-state index in [2.05, 4.69) is 193 Å². The van der Waals surface area contributed by atoms with Crippen molar-refractivity contribution in [2.24, 2.45) is 0 Å². The maximum absolute atomic E-state index is 5.54. The number of rotatable bonds is 3. The second-order valence-corrected chi connectivity index (χ2v) is 16.9. The first-order valence-electron chi connectivity index (χ1n) is 20.1. The Hall–Kier alpha value is -7.07. The standard InChI is InChI=1S/C55H34N2S/c1-32-52(36-24-27-51-44(30-36)40-17-9-11-21-50(40)58-51)42-19-8-10-20-47(42)56-55(32)57-48-25-23-37(31-46(48)54-38-15-5-4-12-33(38)22-26-49(54)57)53-41-18-7-6-16-39(41)43-28-34-13-2-3-14-35(34)29-45(43)53/h2-31,53H,1H3. The van der Waals surface area contributed by atoms with Gasteiger partial charge in [-0.25, -0.2) is 4.98 Å². The molecule has 0 bridgehead atoms. The Labute approximate surface area is 338 Å². The van der Waals surface area contributed by atoms with Gasteiger partial charge in [0.25, 0.3) is 0 Å². The molecule has 13 rings (SSSR count). The quantitative estimate of drug-likeness (QED) is 0.176. The van der Waals surface area contributed by atoms with Crippen LogP contribution in [0.2, 0.25) is 0 Å². The van der Waals surface area contributed by atoms with E-state index < -0.39 is 0 Å². The number of aromatic nitrogens is 2. The average Bonchev–Trinajstić information content (AvgIpc) is 3.92. The van der Waals surface area contributed by atoms with Gasteiger partial charge < -0.3 is 0 Å². The molecule has 0 N–H and O–H groups in total. The van der Waals surface area contributed by atoms with Gasteiger partial charge in [0.15, 0.2) is 0 Å². The van der Waals surface area contributed by atoms with Crippen molar-refractivity contribution < 1.29 is 0 Å². The van der Waals surface area contributed by atoms with Crippen molar-refractivity contribution in [1.82, 2.24) is 9.55 Å². The summed E-state index contributed by atoms with van der Waals surface area (Å²) in [6.07, 6.45) is 0. The fraction of sp³-hybridized carbons (Fsp3) is 0.0364. The zero-order chi connectivity index (χ0) is 38.1. The number of pyridine rings is 1. The van der Waals surface area contributed by atoms with Crippen LogP contribution < -0.4 is 0 Å². The van der Waals surface area contributed by atoms with E-state index in [1.54, 1.807) is 0 Å². The average molecular weight is 755 g/mol. The Bertz CT molecular complexity index is 3720. The molecule has 270 valence electrons. The number of hydrogen-bond acceptors (Lipinski definition) is 2. The zero-order valence-corrected chi connectivity index (χ0v) is 32.5. The van der Waals surface area contributed by atoms with Crippen LogP contribution in [0.1, 0.15) is 28.2 Å². The maximum Gasteiger partial charge on any atom is 0.141 e. The molecule has 1 aliphatic carbocycles. The van der Waals surface area contributed by atoms with Crippen LogP contribution in [0.15, 0.2) is 182 Å². The minimum absolute atomic E-state index is 0.129. The number of benzene rings is 9. The molecule has 0 spiro atoms. The van der Waals surface area contributed by atoms with Gasteiger partial charge in [-0.3, -0.25) is 4.57 Å². The summed E-state index contributed by atoms with van der Waals surface area (Å²) >= 11 is 1.86. The summed E-state index contributed by atoms with van der Waals surface area (Å²) in [4.78, 5) is 5.54. The predicted octanol–water partition coefficient (Wildman–Crippen LogP) is 15.1. The molecule has 3 aromatic heterocycles. The van der Waals surface area contributed by atoms with E-state index in [-0.39, 0.29) is 5.92 Å². The highest BCUT2D eigenvalue weighted by molar-refractivity contribution is 7.25. The second kappa shape index (κ2) is 12.0. The predicted molar refractivity (Wildman–Crippen MR) is 247 cm³/mol. The van der Waals surface area contributed by atoms with E-state index in [0.717, 1.165) is 16.9 Å². The van der Waals surface area contributed by atoms with E-state index >= 15 is 0 Å². The summed E-state index contributed by atoms with van der Waals surface area (Å²) in [5, 5.41) is 11.4. The van der Waals surface area contributed by atoms with E-state index in [0.29, 0.717) is 0 Å². The number of nitrogens with zero attached hydrogens (tertiary/aromatic N) is 2. The molecule has 58 heavy (non-hydrogen) atoms. The van der Waals surface area contributed by atoms with Crippen LogP contribution in [0, 0.1) is 6.92 Å². The van der Waals surface area contributed by atoms with Gasteiger partial charge in [-0.15, -0.1) is 11.3 Å². The van der Waals surface area contributed by atoms with E-state index in [9.17, 15) is 0 Å². The van der Waals surface area contributed by atoms with Crippen LogP contribution in [-0.4, -0.2) is 9.55 Å². The molecular formula is C55H34N2S. The molecule has 1 atom stereocenters. The fourth-order valence-electron chi connectivity index (χ4n) is 10.2. The molecule has 0 amide bonds. The number of para-hydroxylation sites is 1. The normalized spacial score (nSPS) is 13.8. The Morgan fingerprint density at radius 3 is 2.09 bits per heavy atom. The molecule has 1 unspecified atom stereocenters. The molecule has 0 saturated carbocycles. The molecule has 9 aromatic carbocycles. The monoisotopic (exact) mass is 754 g/mol. The zero-order valence-electron chi connectivity index (χ0n) is 31.7. The first kappa shape index (κ1) is 32.1. The van der Waals surface area contributed by atoms with Gasteiger partial charge in [-0.05, 0) is 122 Å². The Kier molecular flexibility index (Phi) is 6.62. The van der Waals surface area contributed by atoms with Gasteiger partial charge in [0.2, 0.25) is 0 Å². The molecule has 0 radical (unpaired) electrons. The van der Waals surface area contributed by atoms with Crippen LogP contribution in [0.4, 0.5) is 0 Å². The van der Waals surface area contributed by atoms with E-state index in [4.69, 9.17) is 4.98 Å². The first-order valence-corrected chi connectivity index (χ1v) is 20.9. The number of hydrogen-bond donors (Lipinski definition) is 0. The fourth-order valence-corrected chi connectivity index (χ4v) is 11.3. The summed E-state index contributed by atoms with van der Waals surface area (Å²) in [6.45, 7) is 2.27. The molecule has 0 aliphatic heterocycles. The van der Waals surface area contributed by atoms with Crippen LogP contribution in [-0.2, 0) is 0 Å². The lowest BCUT2D eigenvalue weighted by Crippen LogP contribution is -2.04. The highest BCUT2D eigenvalue weighted by Gasteiger charge is 2.31. The van der Waals surface area contributed by atoms with Crippen LogP contribution in [0.5, 0.6) is 0 Å². The van der Waals surface area contributed by atoms with Crippen molar-refractivity contribution in [1.29, 1.82) is 0 Å². The lowest BCUT2D eigenvalue weighted by atomic mass is 9.87. The highest BCUT2D eigenvalue weighted by atomic mass is 32.1. The van der Waals surface area contributed by atoms with Gasteiger partial charge in [0.05, 0.1) is 16.6 Å². The maximum atomic E-state index is 5.54. The first-order chi connectivity index (χ1) is 28.7.